The molecule has 5 nitrogen and oxygen atoms in total. The highest BCUT2D eigenvalue weighted by Crippen LogP contribution is 2.19. The summed E-state index contributed by atoms with van der Waals surface area (Å²) in [6, 6.07) is 7.39. The number of esters is 1. The van der Waals surface area contributed by atoms with E-state index in [-0.39, 0.29) is 0 Å². The fourth-order valence-corrected chi connectivity index (χ4v) is 1.65. The molecule has 0 aliphatic carbocycles. The minimum atomic E-state index is -0.419. The second kappa shape index (κ2) is 7.19. The molecule has 1 heterocycles. The van der Waals surface area contributed by atoms with Crippen LogP contribution in [0.25, 0.3) is 11.4 Å². The van der Waals surface area contributed by atoms with Gasteiger partial charge in [-0.05, 0) is 31.2 Å². The molecule has 1 aromatic carbocycles. The van der Waals surface area contributed by atoms with E-state index < -0.39 is 5.97 Å². The molecule has 0 aliphatic heterocycles. The Kier molecular flexibility index (Phi) is 5.04. The maximum Gasteiger partial charge on any atom is 0.341 e. The van der Waals surface area contributed by atoms with Crippen molar-refractivity contribution in [3.8, 4) is 17.1 Å². The molecule has 2 aromatic rings. The van der Waals surface area contributed by atoms with Gasteiger partial charge < -0.3 is 9.47 Å². The first-order valence-electron chi connectivity index (χ1n) is 6.58. The van der Waals surface area contributed by atoms with Crippen LogP contribution in [0, 0.1) is 0 Å². The van der Waals surface area contributed by atoms with Gasteiger partial charge in [0, 0.05) is 18.0 Å². The molecule has 108 valence electrons. The number of carbonyl (C=O) groups excluding carboxylic acids is 1. The summed E-state index contributed by atoms with van der Waals surface area (Å²) in [5.74, 6) is 0.873. The highest BCUT2D eigenvalue weighted by molar-refractivity contribution is 5.88. The first-order valence-corrected chi connectivity index (χ1v) is 6.58. The maximum absolute atomic E-state index is 11.5. The van der Waals surface area contributed by atoms with Crippen LogP contribution in [0.15, 0.2) is 49.3 Å². The van der Waals surface area contributed by atoms with Crippen molar-refractivity contribution in [2.75, 3.05) is 13.2 Å². The van der Waals surface area contributed by atoms with Gasteiger partial charge in [0.2, 0.25) is 0 Å². The molecule has 1 aromatic heterocycles. The molecule has 21 heavy (non-hydrogen) atoms. The first kappa shape index (κ1) is 14.7. The minimum Gasteiger partial charge on any atom is -0.490 e. The summed E-state index contributed by atoms with van der Waals surface area (Å²) < 4.78 is 10.3. The molecule has 0 spiro atoms. The van der Waals surface area contributed by atoms with Gasteiger partial charge in [0.15, 0.2) is 5.82 Å². The topological polar surface area (TPSA) is 61.3 Å². The molecule has 0 radical (unpaired) electrons. The Bertz CT molecular complexity index is 606. The minimum absolute atomic E-state index is 0.326. The molecule has 0 saturated carbocycles. The van der Waals surface area contributed by atoms with Crippen molar-refractivity contribution in [2.24, 2.45) is 0 Å². The number of benzene rings is 1. The number of hydrogen-bond acceptors (Lipinski definition) is 5. The Morgan fingerprint density at radius 1 is 1.24 bits per heavy atom. The third-order valence-corrected chi connectivity index (χ3v) is 2.64. The molecule has 0 unspecified atom stereocenters. The Morgan fingerprint density at radius 2 is 1.90 bits per heavy atom. The largest absolute Gasteiger partial charge is 0.490 e. The summed E-state index contributed by atoms with van der Waals surface area (Å²) in [6.07, 6.45) is 4.61. The molecule has 0 bridgehead atoms. The van der Waals surface area contributed by atoms with Crippen LogP contribution in [-0.4, -0.2) is 29.2 Å². The molecule has 2 rings (SSSR count). The number of aromatic nitrogens is 2. The Balaban J connectivity index is 2.11. The monoisotopic (exact) mass is 284 g/mol. The van der Waals surface area contributed by atoms with Gasteiger partial charge in [-0.2, -0.15) is 0 Å². The van der Waals surface area contributed by atoms with Gasteiger partial charge in [0.25, 0.3) is 0 Å². The van der Waals surface area contributed by atoms with Crippen molar-refractivity contribution in [3.63, 3.8) is 0 Å². The van der Waals surface area contributed by atoms with Crippen LogP contribution in [-0.2, 0) is 4.74 Å². The molecule has 0 fully saturated rings. The molecular weight excluding hydrogens is 268 g/mol. The van der Waals surface area contributed by atoms with Gasteiger partial charge in [0.1, 0.15) is 12.4 Å². The highest BCUT2D eigenvalue weighted by atomic mass is 16.5. The highest BCUT2D eigenvalue weighted by Gasteiger charge is 2.08. The number of hydrogen-bond donors (Lipinski definition) is 0. The lowest BCUT2D eigenvalue weighted by atomic mass is 10.2. The summed E-state index contributed by atoms with van der Waals surface area (Å²) in [5, 5.41) is 0. The van der Waals surface area contributed by atoms with Crippen molar-refractivity contribution in [2.45, 2.75) is 6.92 Å². The van der Waals surface area contributed by atoms with Crippen molar-refractivity contribution in [1.82, 2.24) is 9.97 Å². The Labute approximate surface area is 123 Å². The molecule has 0 amide bonds. The van der Waals surface area contributed by atoms with Crippen LogP contribution in [0.5, 0.6) is 5.75 Å². The van der Waals surface area contributed by atoms with Crippen molar-refractivity contribution >= 4 is 5.97 Å². The first-order chi connectivity index (χ1) is 10.2. The summed E-state index contributed by atoms with van der Waals surface area (Å²) in [6.45, 7) is 6.14. The van der Waals surface area contributed by atoms with Gasteiger partial charge in [-0.1, -0.05) is 12.7 Å². The van der Waals surface area contributed by atoms with Crippen molar-refractivity contribution < 1.29 is 14.3 Å². The maximum atomic E-state index is 11.5. The number of rotatable bonds is 6. The van der Waals surface area contributed by atoms with Crippen LogP contribution < -0.4 is 4.74 Å². The standard InChI is InChI=1S/C16H16N2O3/c1-3-9-21-14-7-5-12(6-8-14)15-17-10-13(11-18-15)16(19)20-4-2/h3,5-8,10-11H,1,4,9H2,2H3. The zero-order valence-electron chi connectivity index (χ0n) is 11.8. The van der Waals surface area contributed by atoms with E-state index in [4.69, 9.17) is 9.47 Å². The predicted molar refractivity (Wildman–Crippen MR) is 79.1 cm³/mol. The lowest BCUT2D eigenvalue weighted by molar-refractivity contribution is 0.0525. The van der Waals surface area contributed by atoms with Gasteiger partial charge in [0.05, 0.1) is 12.2 Å². The zero-order valence-corrected chi connectivity index (χ0v) is 11.8. The average Bonchev–Trinajstić information content (AvgIpc) is 2.54. The van der Waals surface area contributed by atoms with Crippen molar-refractivity contribution in [1.29, 1.82) is 0 Å². The lowest BCUT2D eigenvalue weighted by Crippen LogP contribution is -2.06. The van der Waals surface area contributed by atoms with Gasteiger partial charge in [-0.3, -0.25) is 0 Å². The summed E-state index contributed by atoms with van der Waals surface area (Å²) >= 11 is 0. The van der Waals surface area contributed by atoms with Crippen LogP contribution in [0.4, 0.5) is 0 Å². The zero-order chi connectivity index (χ0) is 15.1. The van der Waals surface area contributed by atoms with Crippen LogP contribution in [0.3, 0.4) is 0 Å². The molecule has 0 saturated heterocycles. The van der Waals surface area contributed by atoms with Gasteiger partial charge in [-0.25, -0.2) is 14.8 Å². The van der Waals surface area contributed by atoms with Crippen LogP contribution in [0.2, 0.25) is 0 Å². The van der Waals surface area contributed by atoms with Crippen molar-refractivity contribution in [3.05, 3.63) is 54.9 Å². The van der Waals surface area contributed by atoms with Crippen LogP contribution >= 0.6 is 0 Å². The third kappa shape index (κ3) is 3.89. The molecular formula is C16H16N2O3. The molecule has 0 N–H and O–H groups in total. The number of nitrogens with zero attached hydrogens (tertiary/aromatic N) is 2. The van der Waals surface area contributed by atoms with E-state index in [1.807, 2.05) is 24.3 Å². The Morgan fingerprint density at radius 3 is 2.48 bits per heavy atom. The molecule has 0 atom stereocenters. The fraction of sp³-hybridized carbons (Fsp3) is 0.188. The fourth-order valence-electron chi connectivity index (χ4n) is 1.65. The summed E-state index contributed by atoms with van der Waals surface area (Å²) in [7, 11) is 0. The molecule has 0 aliphatic rings. The number of ether oxygens (including phenoxy) is 2. The molecule has 5 heteroatoms. The normalized spacial score (nSPS) is 9.95. The van der Waals surface area contributed by atoms with E-state index in [1.54, 1.807) is 13.0 Å². The summed E-state index contributed by atoms with van der Waals surface area (Å²) in [5.41, 5.74) is 1.18. The SMILES string of the molecule is C=CCOc1ccc(-c2ncc(C(=O)OCC)cn2)cc1. The van der Waals surface area contributed by atoms with Gasteiger partial charge >= 0.3 is 5.97 Å². The lowest BCUT2D eigenvalue weighted by Gasteiger charge is -2.05. The predicted octanol–water partition coefficient (Wildman–Crippen LogP) is 2.89. The second-order valence-corrected chi connectivity index (χ2v) is 4.14. The quantitative estimate of drug-likeness (QED) is 0.603. The van der Waals surface area contributed by atoms with E-state index in [2.05, 4.69) is 16.5 Å². The Hall–Kier alpha value is -2.69. The second-order valence-electron chi connectivity index (χ2n) is 4.14. The number of carbonyl (C=O) groups is 1. The van der Waals surface area contributed by atoms with Crippen LogP contribution in [0.1, 0.15) is 17.3 Å². The smallest absolute Gasteiger partial charge is 0.341 e. The summed E-state index contributed by atoms with van der Waals surface area (Å²) in [4.78, 5) is 19.9. The van der Waals surface area contributed by atoms with E-state index in [0.29, 0.717) is 24.6 Å². The van der Waals surface area contributed by atoms with E-state index in [9.17, 15) is 4.79 Å². The average molecular weight is 284 g/mol. The van der Waals surface area contributed by atoms with E-state index >= 15 is 0 Å². The third-order valence-electron chi connectivity index (χ3n) is 2.64. The van der Waals surface area contributed by atoms with Gasteiger partial charge in [-0.15, -0.1) is 0 Å². The van der Waals surface area contributed by atoms with E-state index in [0.717, 1.165) is 11.3 Å². The van der Waals surface area contributed by atoms with E-state index in [1.165, 1.54) is 12.4 Å².